The number of rotatable bonds is 6. The summed E-state index contributed by atoms with van der Waals surface area (Å²) in [5.41, 5.74) is -2.41. The van der Waals surface area contributed by atoms with E-state index in [0.29, 0.717) is 0 Å². The Kier molecular flexibility index (Phi) is 6.24. The van der Waals surface area contributed by atoms with E-state index in [1.807, 2.05) is 0 Å². The molecular weight excluding hydrogens is 482 g/mol. The van der Waals surface area contributed by atoms with Crippen LogP contribution >= 0.6 is 0 Å². The predicted molar refractivity (Wildman–Crippen MR) is 110 cm³/mol. The third-order valence-corrected chi connectivity index (χ3v) is 4.67. The second-order valence-corrected chi connectivity index (χ2v) is 7.13. The van der Waals surface area contributed by atoms with Gasteiger partial charge in [0.15, 0.2) is 5.76 Å². The van der Waals surface area contributed by atoms with Crippen molar-refractivity contribution in [2.75, 3.05) is 10.6 Å². The Morgan fingerprint density at radius 3 is 2.43 bits per heavy atom. The lowest BCUT2D eigenvalue weighted by Gasteiger charge is -2.15. The average Bonchev–Trinajstić information content (AvgIpc) is 3.50. The Bertz CT molecular complexity index is 1330. The topological polar surface area (TPSA) is 93.2 Å². The number of hydrogen-bond acceptors (Lipinski definition) is 6. The number of aromatic nitrogens is 2. The van der Waals surface area contributed by atoms with Crippen LogP contribution in [0.1, 0.15) is 27.6 Å². The lowest BCUT2D eigenvalue weighted by Crippen LogP contribution is -2.14. The summed E-state index contributed by atoms with van der Waals surface area (Å²) in [5.74, 6) is -1.11. The number of furan rings is 1. The highest BCUT2D eigenvalue weighted by atomic mass is 19.4. The largest absolute Gasteiger partial charge is 0.459 e. The highest BCUT2D eigenvalue weighted by Gasteiger charge is 2.34. The molecule has 0 aliphatic heterocycles. The minimum Gasteiger partial charge on any atom is -0.459 e. The van der Waals surface area contributed by atoms with Crippen LogP contribution in [0.4, 0.5) is 37.7 Å². The number of halogens is 6. The van der Waals surface area contributed by atoms with Crippen LogP contribution in [0.3, 0.4) is 0 Å². The van der Waals surface area contributed by atoms with Crippen molar-refractivity contribution in [2.45, 2.75) is 18.9 Å². The molecule has 0 spiro atoms. The Hall–Kier alpha value is -4.29. The summed E-state index contributed by atoms with van der Waals surface area (Å²) in [6.45, 7) is -0.340. The summed E-state index contributed by atoms with van der Waals surface area (Å²) in [6, 6.07) is 10.1. The molecular formula is C22H14F6N4O3. The zero-order valence-corrected chi connectivity index (χ0v) is 17.4. The summed E-state index contributed by atoms with van der Waals surface area (Å²) in [4.78, 5) is 16.0. The number of anilines is 2. The standard InChI is InChI=1S/C22H14F6N4O3/c23-21(24,25)13-4-1-3-12(9-13)19-31-18(35-32-19)11-29-16-7-6-14(10-15(16)22(26,27)28)30-20(33)17-5-2-8-34-17/h1-10,29H,11H2,(H,30,33). The third-order valence-electron chi connectivity index (χ3n) is 4.67. The molecule has 0 radical (unpaired) electrons. The van der Waals surface area contributed by atoms with Crippen molar-refractivity contribution in [1.82, 2.24) is 10.1 Å². The normalized spacial score (nSPS) is 11.9. The van der Waals surface area contributed by atoms with Crippen LogP contribution in [0.15, 0.2) is 69.8 Å². The zero-order chi connectivity index (χ0) is 25.2. The number of nitrogens with one attached hydrogen (secondary N) is 2. The SMILES string of the molecule is O=C(Nc1ccc(NCc2nc(-c3cccc(C(F)(F)F)c3)no2)c(C(F)(F)F)c1)c1ccco1. The van der Waals surface area contributed by atoms with Crippen molar-refractivity contribution < 1.29 is 40.1 Å². The molecule has 182 valence electrons. The molecule has 0 unspecified atom stereocenters. The summed E-state index contributed by atoms with van der Waals surface area (Å²) in [7, 11) is 0. The molecule has 2 heterocycles. The number of amides is 1. The molecule has 13 heteroatoms. The number of alkyl halides is 6. The van der Waals surface area contributed by atoms with Gasteiger partial charge in [-0.3, -0.25) is 4.79 Å². The minimum atomic E-state index is -4.77. The maximum atomic E-state index is 13.6. The molecule has 0 bridgehead atoms. The van der Waals surface area contributed by atoms with Crippen molar-refractivity contribution >= 4 is 17.3 Å². The fourth-order valence-electron chi connectivity index (χ4n) is 3.06. The molecule has 35 heavy (non-hydrogen) atoms. The third kappa shape index (κ3) is 5.62. The Balaban J connectivity index is 1.50. The van der Waals surface area contributed by atoms with Crippen LogP contribution in [0.5, 0.6) is 0 Å². The number of nitrogens with zero attached hydrogens (tertiary/aromatic N) is 2. The molecule has 2 N–H and O–H groups in total. The molecule has 0 saturated heterocycles. The lowest BCUT2D eigenvalue weighted by atomic mass is 10.1. The Labute approximate surface area is 192 Å². The van der Waals surface area contributed by atoms with Gasteiger partial charge in [0.2, 0.25) is 11.7 Å². The van der Waals surface area contributed by atoms with Gasteiger partial charge in [0.05, 0.1) is 23.9 Å². The lowest BCUT2D eigenvalue weighted by molar-refractivity contribution is -0.138. The van der Waals surface area contributed by atoms with Gasteiger partial charge in [0.25, 0.3) is 5.91 Å². The second kappa shape index (κ2) is 9.16. The monoisotopic (exact) mass is 496 g/mol. The molecule has 0 atom stereocenters. The minimum absolute atomic E-state index is 0.0301. The van der Waals surface area contributed by atoms with Gasteiger partial charge in [0.1, 0.15) is 0 Å². The van der Waals surface area contributed by atoms with Gasteiger partial charge >= 0.3 is 12.4 Å². The van der Waals surface area contributed by atoms with E-state index in [1.54, 1.807) is 0 Å². The number of hydrogen-bond donors (Lipinski definition) is 2. The molecule has 2 aromatic carbocycles. The van der Waals surface area contributed by atoms with E-state index in [4.69, 9.17) is 8.94 Å². The summed E-state index contributed by atoms with van der Waals surface area (Å²) < 4.78 is 89.4. The fraction of sp³-hybridized carbons (Fsp3) is 0.136. The highest BCUT2D eigenvalue weighted by molar-refractivity contribution is 6.02. The van der Waals surface area contributed by atoms with Crippen molar-refractivity contribution in [1.29, 1.82) is 0 Å². The van der Waals surface area contributed by atoms with E-state index >= 15 is 0 Å². The van der Waals surface area contributed by atoms with Gasteiger partial charge < -0.3 is 19.6 Å². The zero-order valence-electron chi connectivity index (χ0n) is 17.4. The quantitative estimate of drug-likeness (QED) is 0.308. The predicted octanol–water partition coefficient (Wildman–Crippen LogP) is 6.23. The van der Waals surface area contributed by atoms with E-state index in [9.17, 15) is 31.1 Å². The van der Waals surface area contributed by atoms with Crippen LogP contribution in [0.25, 0.3) is 11.4 Å². The maximum Gasteiger partial charge on any atom is 0.418 e. The van der Waals surface area contributed by atoms with E-state index in [0.717, 1.165) is 24.3 Å². The highest BCUT2D eigenvalue weighted by Crippen LogP contribution is 2.37. The van der Waals surface area contributed by atoms with Crippen molar-refractivity contribution in [3.8, 4) is 11.4 Å². The molecule has 2 aromatic heterocycles. The Morgan fingerprint density at radius 2 is 1.74 bits per heavy atom. The first kappa shape index (κ1) is 23.9. The van der Waals surface area contributed by atoms with E-state index in [-0.39, 0.29) is 41.0 Å². The van der Waals surface area contributed by atoms with Crippen molar-refractivity contribution in [3.63, 3.8) is 0 Å². The van der Waals surface area contributed by atoms with E-state index in [2.05, 4.69) is 20.8 Å². The first-order valence-electron chi connectivity index (χ1n) is 9.81. The van der Waals surface area contributed by atoms with Crippen molar-refractivity contribution in [3.05, 3.63) is 83.6 Å². The summed E-state index contributed by atoms with van der Waals surface area (Å²) >= 11 is 0. The molecule has 0 saturated carbocycles. The van der Waals surface area contributed by atoms with Gasteiger partial charge in [-0.2, -0.15) is 31.3 Å². The summed E-state index contributed by atoms with van der Waals surface area (Å²) in [5, 5.41) is 8.42. The molecule has 4 rings (SSSR count). The van der Waals surface area contributed by atoms with Gasteiger partial charge in [-0.05, 0) is 42.5 Å². The van der Waals surface area contributed by atoms with Gasteiger partial charge in [-0.15, -0.1) is 0 Å². The molecule has 0 aliphatic rings. The van der Waals surface area contributed by atoms with E-state index < -0.39 is 29.4 Å². The molecule has 0 fully saturated rings. The first-order valence-corrected chi connectivity index (χ1v) is 9.81. The number of benzene rings is 2. The van der Waals surface area contributed by atoms with Crippen LogP contribution in [-0.4, -0.2) is 16.0 Å². The van der Waals surface area contributed by atoms with Crippen LogP contribution < -0.4 is 10.6 Å². The summed E-state index contributed by atoms with van der Waals surface area (Å²) in [6.07, 6.45) is -8.09. The molecule has 1 amide bonds. The number of carbonyl (C=O) groups excluding carboxylic acids is 1. The van der Waals surface area contributed by atoms with E-state index in [1.165, 1.54) is 36.6 Å². The van der Waals surface area contributed by atoms with Gasteiger partial charge in [-0.25, -0.2) is 0 Å². The molecule has 4 aromatic rings. The Morgan fingerprint density at radius 1 is 0.943 bits per heavy atom. The molecule has 0 aliphatic carbocycles. The van der Waals surface area contributed by atoms with Crippen LogP contribution in [0, 0.1) is 0 Å². The fourth-order valence-corrected chi connectivity index (χ4v) is 3.06. The van der Waals surface area contributed by atoms with Gasteiger partial charge in [-0.1, -0.05) is 17.3 Å². The first-order chi connectivity index (χ1) is 16.5. The van der Waals surface area contributed by atoms with Crippen LogP contribution in [0.2, 0.25) is 0 Å². The smallest absolute Gasteiger partial charge is 0.418 e. The van der Waals surface area contributed by atoms with Crippen molar-refractivity contribution in [2.24, 2.45) is 0 Å². The average molecular weight is 496 g/mol. The van der Waals surface area contributed by atoms with Gasteiger partial charge in [0, 0.05) is 16.9 Å². The molecule has 7 nitrogen and oxygen atoms in total. The van der Waals surface area contributed by atoms with Crippen LogP contribution in [-0.2, 0) is 18.9 Å². The maximum absolute atomic E-state index is 13.6. The second-order valence-electron chi connectivity index (χ2n) is 7.13. The number of carbonyl (C=O) groups is 1.